The van der Waals surface area contributed by atoms with Crippen LogP contribution in [0.3, 0.4) is 0 Å². The number of nitrogens with zero attached hydrogens (tertiary/aromatic N) is 7. The van der Waals surface area contributed by atoms with E-state index in [1.165, 1.54) is 17.8 Å². The number of methoxy groups -OCH3 is 1. The first kappa shape index (κ1) is 25.8. The quantitative estimate of drug-likeness (QED) is 0.292. The van der Waals surface area contributed by atoms with Crippen molar-refractivity contribution in [1.82, 2.24) is 39.7 Å². The van der Waals surface area contributed by atoms with Crippen LogP contribution in [0.4, 0.5) is 5.82 Å². The number of ether oxygens (including phenoxy) is 1. The molecule has 0 aliphatic carbocycles. The van der Waals surface area contributed by atoms with Gasteiger partial charge in [-0.05, 0) is 62.9 Å². The molecule has 212 valence electrons. The molecule has 4 aromatic heterocycles. The van der Waals surface area contributed by atoms with Gasteiger partial charge in [0.25, 0.3) is 5.91 Å². The molecule has 5 aromatic rings. The van der Waals surface area contributed by atoms with E-state index in [1.807, 2.05) is 41.3 Å². The monoisotopic (exact) mass is 563 g/mol. The van der Waals surface area contributed by atoms with Crippen molar-refractivity contribution in [3.05, 3.63) is 72.2 Å². The van der Waals surface area contributed by atoms with Gasteiger partial charge in [-0.1, -0.05) is 6.07 Å². The number of ketones is 1. The smallest absolute Gasteiger partial charge is 0.291 e. The van der Waals surface area contributed by atoms with E-state index >= 15 is 0 Å². The molecule has 12 nitrogen and oxygen atoms in total. The second-order valence-electron chi connectivity index (χ2n) is 10.9. The molecular weight excluding hydrogens is 534 g/mol. The summed E-state index contributed by atoms with van der Waals surface area (Å²) in [5.41, 5.74) is 11.6. The van der Waals surface area contributed by atoms with Gasteiger partial charge in [0.2, 0.25) is 5.82 Å². The molecule has 3 N–H and O–H groups in total. The summed E-state index contributed by atoms with van der Waals surface area (Å²) >= 11 is 0. The molecule has 1 amide bonds. The highest BCUT2D eigenvalue weighted by molar-refractivity contribution is 6.00. The zero-order chi connectivity index (χ0) is 29.0. The number of nitrogens with one attached hydrogen (secondary N) is 1. The van der Waals surface area contributed by atoms with Gasteiger partial charge in [0.15, 0.2) is 11.4 Å². The molecule has 0 spiro atoms. The number of piperidine rings is 1. The number of fused-ring (bicyclic) bond motifs is 3. The van der Waals surface area contributed by atoms with Crippen LogP contribution in [-0.4, -0.2) is 70.5 Å². The fourth-order valence-corrected chi connectivity index (χ4v) is 6.54. The van der Waals surface area contributed by atoms with Crippen molar-refractivity contribution < 1.29 is 14.3 Å². The predicted octanol–water partition coefficient (Wildman–Crippen LogP) is 3.92. The lowest BCUT2D eigenvalue weighted by Crippen LogP contribution is -2.46. The second-order valence-corrected chi connectivity index (χ2v) is 10.9. The molecule has 1 aromatic carbocycles. The minimum atomic E-state index is -0.160. The maximum Gasteiger partial charge on any atom is 0.291 e. The van der Waals surface area contributed by atoms with Crippen LogP contribution in [0.5, 0.6) is 5.75 Å². The molecule has 2 bridgehead atoms. The number of nitrogens with two attached hydrogens (primary N) is 1. The SMILES string of the molecule is COc1ccc(-c2ccc(-c3cnn4c(N)c(C(C)=O)c(C5CC6CC[C@H](C5)N6C(=O)c5ncn[nH]5)nc34)cn2)cc1. The number of anilines is 1. The topological polar surface area (TPSA) is 157 Å². The zero-order valence-corrected chi connectivity index (χ0v) is 23.2. The first-order valence-corrected chi connectivity index (χ1v) is 13.9. The van der Waals surface area contributed by atoms with Gasteiger partial charge in [0.1, 0.15) is 17.9 Å². The third-order valence-corrected chi connectivity index (χ3v) is 8.49. The Kier molecular flexibility index (Phi) is 6.18. The van der Waals surface area contributed by atoms with Crippen LogP contribution >= 0.6 is 0 Å². The van der Waals surface area contributed by atoms with Crippen molar-refractivity contribution in [3.8, 4) is 28.1 Å². The normalized spacial score (nSPS) is 19.8. The molecule has 2 aliphatic heterocycles. The number of hydrogen-bond acceptors (Lipinski definition) is 9. The summed E-state index contributed by atoms with van der Waals surface area (Å²) in [4.78, 5) is 41.8. The molecule has 2 aliphatic rings. The van der Waals surface area contributed by atoms with E-state index in [1.54, 1.807) is 19.5 Å². The molecule has 2 unspecified atom stereocenters. The van der Waals surface area contributed by atoms with Crippen LogP contribution < -0.4 is 10.5 Å². The Hall–Kier alpha value is -5.13. The number of carbonyl (C=O) groups excluding carboxylic acids is 2. The summed E-state index contributed by atoms with van der Waals surface area (Å²) in [5.74, 6) is 0.957. The molecule has 2 fully saturated rings. The van der Waals surface area contributed by atoms with E-state index in [9.17, 15) is 9.59 Å². The summed E-state index contributed by atoms with van der Waals surface area (Å²) < 4.78 is 6.79. The summed E-state index contributed by atoms with van der Waals surface area (Å²) in [6.07, 6.45) is 7.98. The fraction of sp³-hybridized carbons (Fsp3) is 0.300. The molecular formula is C30H29N9O3. The Morgan fingerprint density at radius 3 is 2.36 bits per heavy atom. The van der Waals surface area contributed by atoms with E-state index in [4.69, 9.17) is 15.5 Å². The first-order valence-electron chi connectivity index (χ1n) is 13.9. The number of amides is 1. The van der Waals surface area contributed by atoms with Gasteiger partial charge in [-0.2, -0.15) is 14.7 Å². The molecule has 3 atom stereocenters. The van der Waals surface area contributed by atoms with E-state index in [0.717, 1.165) is 41.0 Å². The lowest BCUT2D eigenvalue weighted by atomic mass is 9.85. The Balaban J connectivity index is 1.24. The molecule has 7 rings (SSSR count). The Bertz CT molecular complexity index is 1780. The van der Waals surface area contributed by atoms with Crippen molar-refractivity contribution in [2.24, 2.45) is 0 Å². The second kappa shape index (κ2) is 10.1. The van der Waals surface area contributed by atoms with Gasteiger partial charge in [-0.3, -0.25) is 19.7 Å². The maximum absolute atomic E-state index is 13.2. The average Bonchev–Trinajstić information content (AvgIpc) is 3.75. The Morgan fingerprint density at radius 1 is 1.00 bits per heavy atom. The van der Waals surface area contributed by atoms with Crippen LogP contribution in [0, 0.1) is 0 Å². The third kappa shape index (κ3) is 4.18. The van der Waals surface area contributed by atoms with Crippen LogP contribution in [0.1, 0.15) is 65.2 Å². The van der Waals surface area contributed by atoms with Gasteiger partial charge in [0, 0.05) is 40.9 Å². The van der Waals surface area contributed by atoms with Gasteiger partial charge in [-0.25, -0.2) is 9.97 Å². The summed E-state index contributed by atoms with van der Waals surface area (Å²) in [7, 11) is 1.64. The number of hydrogen-bond donors (Lipinski definition) is 2. The van der Waals surface area contributed by atoms with Crippen molar-refractivity contribution in [3.63, 3.8) is 0 Å². The molecule has 6 heterocycles. The summed E-state index contributed by atoms with van der Waals surface area (Å²) in [5, 5.41) is 11.0. The molecule has 12 heteroatoms. The standard InChI is InChI=1S/C30H29N9O3/c1-16(40)25-26(19-11-20-6-7-21(12-19)38(20)30(41)28-33-15-34-37-28)36-29-23(14-35-39(29)27(25)31)18-5-10-24(32-13-18)17-3-8-22(42-2)9-4-17/h3-5,8-10,13-15,19-21H,6-7,11-12,31H2,1-2H3,(H,33,34,37)/t19?,20-,21?/m1/s1. The lowest BCUT2D eigenvalue weighted by molar-refractivity contribution is 0.0556. The first-order chi connectivity index (χ1) is 20.4. The van der Waals surface area contributed by atoms with Gasteiger partial charge in [0.05, 0.1) is 30.3 Å². The van der Waals surface area contributed by atoms with Crippen molar-refractivity contribution in [2.45, 2.75) is 50.6 Å². The van der Waals surface area contributed by atoms with Gasteiger partial charge < -0.3 is 15.4 Å². The van der Waals surface area contributed by atoms with Crippen LogP contribution in [0.25, 0.3) is 28.0 Å². The third-order valence-electron chi connectivity index (χ3n) is 8.49. The summed E-state index contributed by atoms with van der Waals surface area (Å²) in [6, 6.07) is 11.7. The molecule has 0 radical (unpaired) electrons. The highest BCUT2D eigenvalue weighted by Crippen LogP contribution is 2.45. The zero-order valence-electron chi connectivity index (χ0n) is 23.2. The number of H-pyrrole nitrogens is 1. The van der Waals surface area contributed by atoms with Gasteiger partial charge >= 0.3 is 0 Å². The average molecular weight is 564 g/mol. The number of benzene rings is 1. The largest absolute Gasteiger partial charge is 0.497 e. The number of aromatic amines is 1. The van der Waals surface area contributed by atoms with Crippen molar-refractivity contribution in [2.75, 3.05) is 12.8 Å². The Morgan fingerprint density at radius 2 is 1.74 bits per heavy atom. The maximum atomic E-state index is 13.2. The fourth-order valence-electron chi connectivity index (χ4n) is 6.54. The van der Waals surface area contributed by atoms with Gasteiger partial charge in [-0.15, -0.1) is 0 Å². The number of pyridine rings is 1. The number of rotatable bonds is 6. The van der Waals surface area contributed by atoms with Crippen LogP contribution in [0.2, 0.25) is 0 Å². The van der Waals surface area contributed by atoms with E-state index in [-0.39, 0.29) is 41.3 Å². The molecule has 0 saturated carbocycles. The molecule has 2 saturated heterocycles. The van der Waals surface area contributed by atoms with Crippen LogP contribution in [-0.2, 0) is 0 Å². The van der Waals surface area contributed by atoms with E-state index < -0.39 is 0 Å². The number of carbonyl (C=O) groups is 2. The highest BCUT2D eigenvalue weighted by Gasteiger charge is 2.45. The lowest BCUT2D eigenvalue weighted by Gasteiger charge is -2.38. The minimum Gasteiger partial charge on any atom is -0.497 e. The number of nitrogen functional groups attached to an aromatic ring is 1. The number of Topliss-reactive ketones (excluding diaryl/α,β-unsaturated/α-hetero) is 1. The van der Waals surface area contributed by atoms with E-state index in [2.05, 4.69) is 25.3 Å². The molecule has 42 heavy (non-hydrogen) atoms. The number of aromatic nitrogens is 7. The van der Waals surface area contributed by atoms with Crippen molar-refractivity contribution in [1.29, 1.82) is 0 Å². The summed E-state index contributed by atoms with van der Waals surface area (Å²) in [6.45, 7) is 1.51. The minimum absolute atomic E-state index is 0.0180. The highest BCUT2D eigenvalue weighted by atomic mass is 16.5. The van der Waals surface area contributed by atoms with E-state index in [0.29, 0.717) is 29.7 Å². The van der Waals surface area contributed by atoms with Crippen molar-refractivity contribution >= 4 is 23.2 Å². The predicted molar refractivity (Wildman–Crippen MR) is 154 cm³/mol. The Labute approximate surface area is 241 Å². The van der Waals surface area contributed by atoms with Crippen LogP contribution in [0.15, 0.2) is 55.1 Å².